The maximum Gasteiger partial charge on any atom is 4.00 e. The second-order valence-corrected chi connectivity index (χ2v) is 3.41. The molecule has 18 heavy (non-hydrogen) atoms. The van der Waals surface area contributed by atoms with Gasteiger partial charge in [-0.3, -0.25) is 0 Å². The molecule has 0 aromatic rings. The van der Waals surface area contributed by atoms with Crippen LogP contribution >= 0.6 is 0 Å². The molecule has 0 spiro atoms. The normalized spacial score (nSPS) is 6.67. The molecule has 0 atom stereocenters. The summed E-state index contributed by atoms with van der Waals surface area (Å²) in [6.07, 6.45) is 9.11. The number of rotatable bonds is 4. The standard InChI is InChI=1S/4C4H9.Ce.H2O/c4*1-3-4-2;;/h4*1,3-4H2,2H3;;1H2/q4*-1;+4;. The van der Waals surface area contributed by atoms with Crippen molar-refractivity contribution >= 4 is 0 Å². The Morgan fingerprint density at radius 1 is 0.500 bits per heavy atom. The minimum atomic E-state index is 0. The summed E-state index contributed by atoms with van der Waals surface area (Å²) in [4.78, 5) is 0. The van der Waals surface area contributed by atoms with Crippen molar-refractivity contribution in [3.05, 3.63) is 27.7 Å². The number of hydrogen-bond acceptors (Lipinski definition) is 0. The van der Waals surface area contributed by atoms with Crippen LogP contribution in [0.3, 0.4) is 0 Å². The molecule has 0 aliphatic rings. The van der Waals surface area contributed by atoms with Gasteiger partial charge in [0.1, 0.15) is 0 Å². The quantitative estimate of drug-likeness (QED) is 0.559. The van der Waals surface area contributed by atoms with Crippen LogP contribution in [-0.4, -0.2) is 5.48 Å². The van der Waals surface area contributed by atoms with Crippen LogP contribution in [0.5, 0.6) is 0 Å². The third kappa shape index (κ3) is 162. The molecular formula is C16H38CeO. The molecule has 1 nitrogen and oxygen atoms in total. The van der Waals surface area contributed by atoms with Gasteiger partial charge in [0, 0.05) is 0 Å². The summed E-state index contributed by atoms with van der Waals surface area (Å²) in [5, 5.41) is 0. The molecule has 0 heterocycles. The predicted molar refractivity (Wildman–Crippen MR) is 84.7 cm³/mol. The van der Waals surface area contributed by atoms with Gasteiger partial charge in [0.05, 0.1) is 0 Å². The topological polar surface area (TPSA) is 31.5 Å². The minimum absolute atomic E-state index is 0. The van der Waals surface area contributed by atoms with Crippen LogP contribution in [0.1, 0.15) is 79.1 Å². The Bertz CT molecular complexity index is 35.1. The van der Waals surface area contributed by atoms with Gasteiger partial charge in [0.2, 0.25) is 0 Å². The molecule has 2 heteroatoms. The molecule has 0 saturated heterocycles. The summed E-state index contributed by atoms with van der Waals surface area (Å²) < 4.78 is 0. The fraction of sp³-hybridized carbons (Fsp3) is 0.750. The molecule has 0 aromatic heterocycles. The summed E-state index contributed by atoms with van der Waals surface area (Å²) in [5.41, 5.74) is 0. The average Bonchev–Trinajstić information content (AvgIpc) is 2.39. The van der Waals surface area contributed by atoms with Crippen molar-refractivity contribution in [3.8, 4) is 0 Å². The van der Waals surface area contributed by atoms with Crippen molar-refractivity contribution < 1.29 is 47.2 Å². The average molecular weight is 387 g/mol. The van der Waals surface area contributed by atoms with E-state index < -0.39 is 0 Å². The fourth-order valence-electron chi connectivity index (χ4n) is 0. The summed E-state index contributed by atoms with van der Waals surface area (Å²) in [5.74, 6) is 0. The van der Waals surface area contributed by atoms with E-state index in [2.05, 4.69) is 55.4 Å². The Hall–Kier alpha value is 1.34. The zero-order chi connectivity index (χ0) is 13.7. The Kier molecular flexibility index (Phi) is 128. The zero-order valence-electron chi connectivity index (χ0n) is 13.5. The Labute approximate surface area is 153 Å². The molecule has 0 amide bonds. The molecule has 0 rings (SSSR count). The molecular weight excluding hydrogens is 348 g/mol. The van der Waals surface area contributed by atoms with E-state index in [9.17, 15) is 0 Å². The van der Waals surface area contributed by atoms with Crippen LogP contribution in [0.25, 0.3) is 0 Å². The van der Waals surface area contributed by atoms with E-state index >= 15 is 0 Å². The monoisotopic (exact) mass is 386 g/mol. The molecule has 0 bridgehead atoms. The molecule has 0 radical (unpaired) electrons. The van der Waals surface area contributed by atoms with Gasteiger partial charge in [-0.2, -0.15) is 25.7 Å². The number of unbranched alkanes of at least 4 members (excludes halogenated alkanes) is 4. The van der Waals surface area contributed by atoms with Crippen molar-refractivity contribution in [1.29, 1.82) is 0 Å². The summed E-state index contributed by atoms with van der Waals surface area (Å²) in [6.45, 7) is 22.9. The van der Waals surface area contributed by atoms with Gasteiger partial charge in [0.25, 0.3) is 0 Å². The van der Waals surface area contributed by atoms with Crippen LogP contribution in [0.15, 0.2) is 0 Å². The molecule has 0 unspecified atom stereocenters. The first-order valence-electron chi connectivity index (χ1n) is 6.83. The SMILES string of the molecule is O.[CH2-]CCC.[CH2-]CCC.[CH2-]CCC.[CH2-]CCC.[Ce+4]. The number of hydrogen-bond donors (Lipinski definition) is 0. The van der Waals surface area contributed by atoms with E-state index in [1.807, 2.05) is 0 Å². The second kappa shape index (κ2) is 63.2. The first-order chi connectivity index (χ1) is 7.66. The third-order valence-electron chi connectivity index (χ3n) is 1.41. The Morgan fingerprint density at radius 2 is 0.556 bits per heavy atom. The van der Waals surface area contributed by atoms with Crippen molar-refractivity contribution in [1.82, 2.24) is 0 Å². The Morgan fingerprint density at radius 3 is 0.556 bits per heavy atom. The predicted octanol–water partition coefficient (Wildman–Crippen LogP) is 5.66. The van der Waals surface area contributed by atoms with Gasteiger partial charge >= 0.3 is 41.7 Å². The summed E-state index contributed by atoms with van der Waals surface area (Å²) in [6, 6.07) is 0. The maximum atomic E-state index is 3.60. The largest absolute Gasteiger partial charge is 4.00 e. The molecule has 0 aliphatic carbocycles. The van der Waals surface area contributed by atoms with Crippen molar-refractivity contribution in [2.24, 2.45) is 0 Å². The molecule has 0 aliphatic heterocycles. The summed E-state index contributed by atoms with van der Waals surface area (Å²) in [7, 11) is 0. The van der Waals surface area contributed by atoms with E-state index in [-0.39, 0.29) is 47.2 Å². The van der Waals surface area contributed by atoms with Crippen molar-refractivity contribution in [2.75, 3.05) is 0 Å². The van der Waals surface area contributed by atoms with Gasteiger partial charge in [-0.05, 0) is 0 Å². The first kappa shape index (κ1) is 36.6. The van der Waals surface area contributed by atoms with E-state index in [0.29, 0.717) is 0 Å². The van der Waals surface area contributed by atoms with Crippen LogP contribution in [-0.2, 0) is 0 Å². The smallest absolute Gasteiger partial charge is 0.412 e. The second-order valence-electron chi connectivity index (χ2n) is 3.41. The molecule has 2 N–H and O–H groups in total. The van der Waals surface area contributed by atoms with Crippen LogP contribution in [0.4, 0.5) is 0 Å². The zero-order valence-corrected chi connectivity index (χ0v) is 16.6. The van der Waals surface area contributed by atoms with Gasteiger partial charge in [-0.15, -0.1) is 0 Å². The van der Waals surface area contributed by atoms with Crippen LogP contribution in [0.2, 0.25) is 0 Å². The first-order valence-corrected chi connectivity index (χ1v) is 6.83. The summed E-state index contributed by atoms with van der Waals surface area (Å²) >= 11 is 0. The fourth-order valence-corrected chi connectivity index (χ4v) is 0. The van der Waals surface area contributed by atoms with E-state index in [1.54, 1.807) is 0 Å². The molecule has 0 aromatic carbocycles. The Balaban J connectivity index is -0.0000000257. The van der Waals surface area contributed by atoms with Crippen LogP contribution in [0, 0.1) is 69.4 Å². The van der Waals surface area contributed by atoms with E-state index in [1.165, 1.54) is 25.7 Å². The van der Waals surface area contributed by atoms with Crippen molar-refractivity contribution in [3.63, 3.8) is 0 Å². The minimum Gasteiger partial charge on any atom is -0.412 e. The van der Waals surface area contributed by atoms with E-state index in [4.69, 9.17) is 0 Å². The molecule has 0 fully saturated rings. The van der Waals surface area contributed by atoms with Gasteiger partial charge in [-0.1, -0.05) is 53.4 Å². The van der Waals surface area contributed by atoms with Gasteiger partial charge in [0.15, 0.2) is 0 Å². The van der Waals surface area contributed by atoms with E-state index in [0.717, 1.165) is 25.7 Å². The molecule has 112 valence electrons. The molecule has 0 saturated carbocycles. The van der Waals surface area contributed by atoms with Crippen LogP contribution < -0.4 is 0 Å². The van der Waals surface area contributed by atoms with Gasteiger partial charge in [-0.25, -0.2) is 0 Å². The van der Waals surface area contributed by atoms with Crippen molar-refractivity contribution in [2.45, 2.75) is 79.1 Å². The van der Waals surface area contributed by atoms with Gasteiger partial charge < -0.3 is 33.2 Å². The third-order valence-corrected chi connectivity index (χ3v) is 1.41. The maximum absolute atomic E-state index is 3.60.